The topological polar surface area (TPSA) is 68.2 Å². The molecule has 2 aliphatic rings. The summed E-state index contributed by atoms with van der Waals surface area (Å²) in [6, 6.07) is 13.5. The normalized spacial score (nSPS) is 24.8. The summed E-state index contributed by atoms with van der Waals surface area (Å²) < 4.78 is 6.21. The largest absolute Gasteiger partial charge is 0.472 e. The van der Waals surface area contributed by atoms with Crippen LogP contribution in [-0.4, -0.2) is 43.9 Å². The van der Waals surface area contributed by atoms with E-state index in [0.29, 0.717) is 23.2 Å². The Balaban J connectivity index is 1.43. The summed E-state index contributed by atoms with van der Waals surface area (Å²) in [6.07, 6.45) is 7.09. The summed E-state index contributed by atoms with van der Waals surface area (Å²) in [6.45, 7) is 4.15. The second kappa shape index (κ2) is 7.52. The molecule has 6 nitrogen and oxygen atoms in total. The summed E-state index contributed by atoms with van der Waals surface area (Å²) in [4.78, 5) is 28.8. The minimum absolute atomic E-state index is 0.0169. The number of hydrogen-bond acceptors (Lipinski definition) is 5. The number of aryl methyl sites for hydroxylation is 1. The fourth-order valence-corrected chi connectivity index (χ4v) is 4.81. The van der Waals surface area contributed by atoms with Gasteiger partial charge in [-0.15, -0.1) is 0 Å². The van der Waals surface area contributed by atoms with Gasteiger partial charge >= 0.3 is 0 Å². The van der Waals surface area contributed by atoms with Crippen molar-refractivity contribution in [3.05, 3.63) is 72.2 Å². The van der Waals surface area contributed by atoms with Crippen LogP contribution >= 0.6 is 0 Å². The standard InChI is InChI=1S/C24H24N4O2/c1-15-8-9-22(27-14-15)30-21-13-17-12-20(21)28(16(17)2)24(29)19-7-4-3-6-18(19)23-25-10-5-11-26-23/h3-11,14,16-17,20-21H,12-13H2,1-2H3/t16-,17-,20+,21-/m1/s1. The van der Waals surface area contributed by atoms with Crippen LogP contribution in [-0.2, 0) is 0 Å². The number of benzene rings is 1. The van der Waals surface area contributed by atoms with E-state index in [0.717, 1.165) is 24.0 Å². The summed E-state index contributed by atoms with van der Waals surface area (Å²) in [5.74, 6) is 1.64. The Bertz CT molecular complexity index is 1050. The number of rotatable bonds is 4. The Morgan fingerprint density at radius 1 is 1.03 bits per heavy atom. The second-order valence-corrected chi connectivity index (χ2v) is 8.20. The van der Waals surface area contributed by atoms with Gasteiger partial charge in [-0.1, -0.05) is 24.3 Å². The van der Waals surface area contributed by atoms with Crippen molar-refractivity contribution >= 4 is 5.91 Å². The first-order chi connectivity index (χ1) is 14.6. The molecule has 1 saturated carbocycles. The van der Waals surface area contributed by atoms with Gasteiger partial charge in [-0.3, -0.25) is 4.79 Å². The van der Waals surface area contributed by atoms with E-state index in [4.69, 9.17) is 4.74 Å². The van der Waals surface area contributed by atoms with E-state index in [-0.39, 0.29) is 24.1 Å². The first kappa shape index (κ1) is 18.7. The number of nitrogens with zero attached hydrogens (tertiary/aromatic N) is 4. The van der Waals surface area contributed by atoms with Crippen LogP contribution in [0.5, 0.6) is 5.88 Å². The molecule has 1 aliphatic carbocycles. The first-order valence-corrected chi connectivity index (χ1v) is 10.4. The van der Waals surface area contributed by atoms with Crippen molar-refractivity contribution < 1.29 is 9.53 Å². The minimum Gasteiger partial charge on any atom is -0.472 e. The highest BCUT2D eigenvalue weighted by atomic mass is 16.5. The van der Waals surface area contributed by atoms with Gasteiger partial charge in [0.15, 0.2) is 5.82 Å². The van der Waals surface area contributed by atoms with Gasteiger partial charge < -0.3 is 9.64 Å². The fourth-order valence-electron chi connectivity index (χ4n) is 4.81. The summed E-state index contributed by atoms with van der Waals surface area (Å²) in [5.41, 5.74) is 2.49. The third kappa shape index (κ3) is 3.22. The van der Waals surface area contributed by atoms with Gasteiger partial charge in [-0.25, -0.2) is 15.0 Å². The van der Waals surface area contributed by atoms with Gasteiger partial charge in [0.25, 0.3) is 5.91 Å². The Morgan fingerprint density at radius 3 is 2.57 bits per heavy atom. The second-order valence-electron chi connectivity index (χ2n) is 8.20. The minimum atomic E-state index is -0.0366. The SMILES string of the molecule is Cc1ccc(O[C@@H]2C[C@H]3C[C@@H]2N(C(=O)c2ccccc2-c2ncccn2)[C@@H]3C)nc1. The molecule has 30 heavy (non-hydrogen) atoms. The molecular weight excluding hydrogens is 376 g/mol. The quantitative estimate of drug-likeness (QED) is 0.664. The lowest BCUT2D eigenvalue weighted by atomic mass is 9.97. The number of likely N-dealkylation sites (tertiary alicyclic amines) is 1. The smallest absolute Gasteiger partial charge is 0.255 e. The summed E-state index contributed by atoms with van der Waals surface area (Å²) in [7, 11) is 0. The molecule has 5 rings (SSSR count). The van der Waals surface area contributed by atoms with E-state index in [9.17, 15) is 4.79 Å². The number of carbonyl (C=O) groups excluding carboxylic acids is 1. The number of piperidine rings is 1. The Hall–Kier alpha value is -3.28. The van der Waals surface area contributed by atoms with Crippen molar-refractivity contribution in [2.24, 2.45) is 5.92 Å². The van der Waals surface area contributed by atoms with Crippen molar-refractivity contribution in [1.29, 1.82) is 0 Å². The number of amides is 1. The molecule has 2 bridgehead atoms. The fraction of sp³-hybridized carbons (Fsp3) is 0.333. The van der Waals surface area contributed by atoms with Crippen molar-refractivity contribution in [2.45, 2.75) is 44.9 Å². The molecule has 152 valence electrons. The van der Waals surface area contributed by atoms with Crippen LogP contribution in [0.2, 0.25) is 0 Å². The van der Waals surface area contributed by atoms with E-state index in [1.54, 1.807) is 18.5 Å². The van der Waals surface area contributed by atoms with Gasteiger partial charge in [-0.2, -0.15) is 0 Å². The molecule has 1 saturated heterocycles. The van der Waals surface area contributed by atoms with E-state index >= 15 is 0 Å². The van der Waals surface area contributed by atoms with Crippen LogP contribution in [0.3, 0.4) is 0 Å². The lowest BCUT2D eigenvalue weighted by Gasteiger charge is -2.38. The Kier molecular flexibility index (Phi) is 4.69. The lowest BCUT2D eigenvalue weighted by molar-refractivity contribution is 0.0314. The van der Waals surface area contributed by atoms with Crippen LogP contribution in [0, 0.1) is 12.8 Å². The molecule has 6 heteroatoms. The lowest BCUT2D eigenvalue weighted by Crippen LogP contribution is -2.51. The summed E-state index contributed by atoms with van der Waals surface area (Å²) >= 11 is 0. The van der Waals surface area contributed by atoms with Gasteiger partial charge in [0, 0.05) is 36.3 Å². The maximum atomic E-state index is 13.7. The number of aromatic nitrogens is 3. The molecule has 0 N–H and O–H groups in total. The number of pyridine rings is 1. The average molecular weight is 400 g/mol. The molecule has 1 amide bonds. The predicted molar refractivity (Wildman–Crippen MR) is 113 cm³/mol. The molecule has 0 radical (unpaired) electrons. The highest BCUT2D eigenvalue weighted by Crippen LogP contribution is 2.44. The molecule has 1 aromatic carbocycles. The molecule has 2 aromatic heterocycles. The van der Waals surface area contributed by atoms with Crippen molar-refractivity contribution in [2.75, 3.05) is 0 Å². The molecule has 0 spiro atoms. The highest BCUT2D eigenvalue weighted by Gasteiger charge is 2.52. The molecule has 0 unspecified atom stereocenters. The zero-order chi connectivity index (χ0) is 20.7. The maximum Gasteiger partial charge on any atom is 0.255 e. The predicted octanol–water partition coefficient (Wildman–Crippen LogP) is 3.92. The third-order valence-electron chi connectivity index (χ3n) is 6.34. The molecular formula is C24H24N4O2. The van der Waals surface area contributed by atoms with Crippen molar-refractivity contribution in [3.63, 3.8) is 0 Å². The molecule has 3 aromatic rings. The first-order valence-electron chi connectivity index (χ1n) is 10.4. The van der Waals surface area contributed by atoms with Gasteiger partial charge in [0.1, 0.15) is 6.10 Å². The van der Waals surface area contributed by atoms with Crippen LogP contribution in [0.15, 0.2) is 61.1 Å². The van der Waals surface area contributed by atoms with E-state index < -0.39 is 0 Å². The summed E-state index contributed by atoms with van der Waals surface area (Å²) in [5, 5.41) is 0. The van der Waals surface area contributed by atoms with E-state index in [2.05, 4.69) is 21.9 Å². The Morgan fingerprint density at radius 2 is 1.83 bits per heavy atom. The average Bonchev–Trinajstić information content (AvgIpc) is 3.33. The molecule has 3 heterocycles. The van der Waals surface area contributed by atoms with Crippen molar-refractivity contribution in [3.8, 4) is 17.3 Å². The van der Waals surface area contributed by atoms with Gasteiger partial charge in [-0.05, 0) is 50.3 Å². The van der Waals surface area contributed by atoms with Gasteiger partial charge in [0.05, 0.1) is 11.6 Å². The molecule has 2 fully saturated rings. The van der Waals surface area contributed by atoms with Crippen LogP contribution in [0.4, 0.5) is 0 Å². The zero-order valence-electron chi connectivity index (χ0n) is 17.1. The van der Waals surface area contributed by atoms with Crippen molar-refractivity contribution in [1.82, 2.24) is 19.9 Å². The van der Waals surface area contributed by atoms with Crippen LogP contribution < -0.4 is 4.74 Å². The molecule has 4 atom stereocenters. The zero-order valence-corrected chi connectivity index (χ0v) is 17.1. The third-order valence-corrected chi connectivity index (χ3v) is 6.34. The number of carbonyl (C=O) groups is 1. The van der Waals surface area contributed by atoms with Gasteiger partial charge in [0.2, 0.25) is 5.88 Å². The van der Waals surface area contributed by atoms with E-state index in [1.807, 2.05) is 54.4 Å². The number of hydrogen-bond donors (Lipinski definition) is 0. The number of fused-ring (bicyclic) bond motifs is 2. The van der Waals surface area contributed by atoms with E-state index in [1.165, 1.54) is 0 Å². The van der Waals surface area contributed by atoms with Crippen LogP contribution in [0.25, 0.3) is 11.4 Å². The van der Waals surface area contributed by atoms with Crippen LogP contribution in [0.1, 0.15) is 35.7 Å². The molecule has 1 aliphatic heterocycles. The highest BCUT2D eigenvalue weighted by molar-refractivity contribution is 6.00. The number of ether oxygens (including phenoxy) is 1. The maximum absolute atomic E-state index is 13.7. The Labute approximate surface area is 176 Å². The monoisotopic (exact) mass is 400 g/mol.